The van der Waals surface area contributed by atoms with Crippen LogP contribution >= 0.6 is 27.3 Å². The highest BCUT2D eigenvalue weighted by molar-refractivity contribution is 9.10. The lowest BCUT2D eigenvalue weighted by atomic mass is 10.0. The van der Waals surface area contributed by atoms with Gasteiger partial charge < -0.3 is 0 Å². The molecule has 10 heteroatoms. The lowest BCUT2D eigenvalue weighted by molar-refractivity contribution is -0.119. The third-order valence-electron chi connectivity index (χ3n) is 5.10. The summed E-state index contributed by atoms with van der Waals surface area (Å²) < 4.78 is 29.1. The van der Waals surface area contributed by atoms with Crippen molar-refractivity contribution in [1.29, 1.82) is 0 Å². The Morgan fingerprint density at radius 3 is 2.42 bits per heavy atom. The predicted octanol–water partition coefficient (Wildman–Crippen LogP) is 4.26. The summed E-state index contributed by atoms with van der Waals surface area (Å²) in [5.74, 6) is -0.824. The Kier molecular flexibility index (Phi) is 6.51. The van der Waals surface area contributed by atoms with E-state index in [9.17, 15) is 18.0 Å². The molecular weight excluding hydrogens is 526 g/mol. The average molecular weight is 546 g/mol. The monoisotopic (exact) mass is 545 g/mol. The van der Waals surface area contributed by atoms with E-state index in [4.69, 9.17) is 0 Å². The molecule has 1 amide bonds. The number of amides is 1. The molecular formula is C23H20BrN3O4S2. The first kappa shape index (κ1) is 23.3. The Hall–Kier alpha value is -2.82. The predicted molar refractivity (Wildman–Crippen MR) is 133 cm³/mol. The minimum Gasteiger partial charge on any atom is -0.289 e. The molecule has 2 aromatic carbocycles. The maximum atomic E-state index is 13.3. The van der Waals surface area contributed by atoms with E-state index in [1.807, 2.05) is 42.8 Å². The Labute approximate surface area is 203 Å². The molecule has 0 bridgehead atoms. The van der Waals surface area contributed by atoms with Crippen LogP contribution in [0.4, 0.5) is 0 Å². The van der Waals surface area contributed by atoms with Gasteiger partial charge in [0.2, 0.25) is 0 Å². The second-order valence-electron chi connectivity index (χ2n) is 7.46. The van der Waals surface area contributed by atoms with Crippen LogP contribution in [-0.2, 0) is 27.8 Å². The van der Waals surface area contributed by atoms with Crippen molar-refractivity contribution in [3.63, 3.8) is 0 Å². The van der Waals surface area contributed by atoms with Gasteiger partial charge in [-0.1, -0.05) is 52.7 Å². The molecule has 4 aromatic rings. The molecule has 0 aliphatic carbocycles. The van der Waals surface area contributed by atoms with E-state index >= 15 is 0 Å². The molecule has 2 heterocycles. The Morgan fingerprint density at radius 1 is 1.12 bits per heavy atom. The van der Waals surface area contributed by atoms with Crippen LogP contribution in [0.25, 0.3) is 21.3 Å². The summed E-state index contributed by atoms with van der Waals surface area (Å²) in [5, 5.41) is 0.427. The van der Waals surface area contributed by atoms with Crippen LogP contribution in [0.2, 0.25) is 0 Å². The number of benzene rings is 2. The second-order valence-corrected chi connectivity index (χ2v) is 11.1. The highest BCUT2D eigenvalue weighted by atomic mass is 79.9. The van der Waals surface area contributed by atoms with Crippen LogP contribution in [0.3, 0.4) is 0 Å². The second kappa shape index (κ2) is 9.20. The lowest BCUT2D eigenvalue weighted by Gasteiger charge is -2.09. The summed E-state index contributed by atoms with van der Waals surface area (Å²) in [5.41, 5.74) is 2.18. The van der Waals surface area contributed by atoms with Crippen molar-refractivity contribution in [1.82, 2.24) is 14.3 Å². The number of nitrogens with one attached hydrogen (secondary N) is 1. The molecule has 0 fully saturated rings. The maximum absolute atomic E-state index is 13.3. The molecule has 33 heavy (non-hydrogen) atoms. The number of thiophene rings is 1. The summed E-state index contributed by atoms with van der Waals surface area (Å²) in [6.45, 7) is 3.38. The van der Waals surface area contributed by atoms with Gasteiger partial charge in [-0.3, -0.25) is 14.2 Å². The van der Waals surface area contributed by atoms with Crippen LogP contribution in [0.15, 0.2) is 69.0 Å². The minimum atomic E-state index is -4.04. The van der Waals surface area contributed by atoms with Crippen LogP contribution in [-0.4, -0.2) is 23.9 Å². The number of aromatic nitrogens is 2. The SMILES string of the molecule is CCc1sc2ncn(CC(=O)NS(=O)(=O)c3ccc(C)cc3)c(=O)c2c1-c1ccc(Br)cc1. The standard InChI is InChI=1S/C23H20BrN3O4S2/c1-3-18-20(15-6-8-16(24)9-7-15)21-22(32-18)25-13-27(23(21)29)12-19(28)26-33(30,31)17-10-4-14(2)5-11-17/h4-11,13H,3,12H2,1-2H3,(H,26,28). The number of fused-ring (bicyclic) bond motifs is 1. The molecule has 0 aliphatic heterocycles. The maximum Gasteiger partial charge on any atom is 0.264 e. The third kappa shape index (κ3) is 4.78. The summed E-state index contributed by atoms with van der Waals surface area (Å²) in [7, 11) is -4.04. The number of nitrogens with zero attached hydrogens (tertiary/aromatic N) is 2. The van der Waals surface area contributed by atoms with Gasteiger partial charge in [0.25, 0.3) is 21.5 Å². The summed E-state index contributed by atoms with van der Waals surface area (Å²) in [6.07, 6.45) is 2.01. The molecule has 2 aromatic heterocycles. The zero-order chi connectivity index (χ0) is 23.8. The quantitative estimate of drug-likeness (QED) is 0.390. The topological polar surface area (TPSA) is 98.1 Å². The van der Waals surface area contributed by atoms with Gasteiger partial charge in [-0.2, -0.15) is 0 Å². The summed E-state index contributed by atoms with van der Waals surface area (Å²) in [6, 6.07) is 13.8. The zero-order valence-corrected chi connectivity index (χ0v) is 21.1. The molecule has 0 spiro atoms. The number of hydrogen-bond donors (Lipinski definition) is 1. The normalized spacial score (nSPS) is 11.6. The molecule has 0 saturated carbocycles. The van der Waals surface area contributed by atoms with Crippen molar-refractivity contribution in [2.24, 2.45) is 0 Å². The van der Waals surface area contributed by atoms with Crippen LogP contribution in [0.1, 0.15) is 17.4 Å². The molecule has 0 aliphatic rings. The zero-order valence-electron chi connectivity index (χ0n) is 17.8. The number of sulfonamides is 1. The molecule has 1 N–H and O–H groups in total. The van der Waals surface area contributed by atoms with Crippen molar-refractivity contribution < 1.29 is 13.2 Å². The van der Waals surface area contributed by atoms with Gasteiger partial charge in [0, 0.05) is 14.9 Å². The van der Waals surface area contributed by atoms with E-state index in [1.54, 1.807) is 12.1 Å². The first-order chi connectivity index (χ1) is 15.7. The molecule has 0 unspecified atom stereocenters. The van der Waals surface area contributed by atoms with Gasteiger partial charge in [0.15, 0.2) is 0 Å². The Balaban J connectivity index is 1.69. The van der Waals surface area contributed by atoms with Crippen LogP contribution < -0.4 is 10.3 Å². The van der Waals surface area contributed by atoms with Crippen molar-refractivity contribution in [2.75, 3.05) is 0 Å². The van der Waals surface area contributed by atoms with Gasteiger partial charge >= 0.3 is 0 Å². The van der Waals surface area contributed by atoms with Crippen molar-refractivity contribution >= 4 is 53.4 Å². The Morgan fingerprint density at radius 2 is 1.79 bits per heavy atom. The van der Waals surface area contributed by atoms with E-state index in [1.165, 1.54) is 29.8 Å². The fraction of sp³-hybridized carbons (Fsp3) is 0.174. The highest BCUT2D eigenvalue weighted by Gasteiger charge is 2.21. The van der Waals surface area contributed by atoms with E-state index < -0.39 is 28.0 Å². The van der Waals surface area contributed by atoms with Crippen LogP contribution in [0.5, 0.6) is 0 Å². The van der Waals surface area contributed by atoms with Crippen LogP contribution in [0, 0.1) is 6.92 Å². The largest absolute Gasteiger partial charge is 0.289 e. The number of aryl methyl sites for hydroxylation is 2. The molecule has 0 saturated heterocycles. The smallest absolute Gasteiger partial charge is 0.264 e. The van der Waals surface area contributed by atoms with Crippen molar-refractivity contribution in [3.8, 4) is 11.1 Å². The van der Waals surface area contributed by atoms with Crippen molar-refractivity contribution in [2.45, 2.75) is 31.7 Å². The van der Waals surface area contributed by atoms with Gasteiger partial charge in [-0.25, -0.2) is 18.1 Å². The Bertz CT molecular complexity index is 1510. The first-order valence-corrected chi connectivity index (χ1v) is 13.2. The van der Waals surface area contributed by atoms with E-state index in [0.29, 0.717) is 10.2 Å². The minimum absolute atomic E-state index is 0.0229. The number of hydrogen-bond acceptors (Lipinski definition) is 6. The average Bonchev–Trinajstić information content (AvgIpc) is 3.15. The molecule has 7 nitrogen and oxygen atoms in total. The summed E-state index contributed by atoms with van der Waals surface area (Å²) in [4.78, 5) is 31.8. The molecule has 170 valence electrons. The lowest BCUT2D eigenvalue weighted by Crippen LogP contribution is -2.36. The number of rotatable bonds is 6. The van der Waals surface area contributed by atoms with E-state index in [2.05, 4.69) is 20.9 Å². The highest BCUT2D eigenvalue weighted by Crippen LogP contribution is 2.36. The van der Waals surface area contributed by atoms with E-state index in [-0.39, 0.29) is 4.90 Å². The van der Waals surface area contributed by atoms with Crippen molar-refractivity contribution in [3.05, 3.63) is 80.1 Å². The molecule has 4 rings (SSSR count). The first-order valence-electron chi connectivity index (χ1n) is 10.1. The summed E-state index contributed by atoms with van der Waals surface area (Å²) >= 11 is 4.86. The molecule has 0 atom stereocenters. The van der Waals surface area contributed by atoms with Gasteiger partial charge in [-0.05, 0) is 43.2 Å². The van der Waals surface area contributed by atoms with Gasteiger partial charge in [0.05, 0.1) is 16.6 Å². The van der Waals surface area contributed by atoms with Gasteiger partial charge in [0.1, 0.15) is 11.4 Å². The molecule has 0 radical (unpaired) electrons. The fourth-order valence-electron chi connectivity index (χ4n) is 3.47. The van der Waals surface area contributed by atoms with E-state index in [0.717, 1.165) is 37.0 Å². The fourth-order valence-corrected chi connectivity index (χ4v) is 5.80. The third-order valence-corrected chi connectivity index (χ3v) is 8.26. The number of halogens is 1. The van der Waals surface area contributed by atoms with Gasteiger partial charge in [-0.15, -0.1) is 11.3 Å². The number of carbonyl (C=O) groups excluding carboxylic acids is 1. The number of carbonyl (C=O) groups is 1.